The fraction of sp³-hybridized carbons (Fsp3) is 0.579. The van der Waals surface area contributed by atoms with Crippen molar-refractivity contribution in [3.05, 3.63) is 35.9 Å². The average Bonchev–Trinajstić information content (AvgIpc) is 3.37. The summed E-state index contributed by atoms with van der Waals surface area (Å²) in [5.74, 6) is 2.43. The maximum absolute atomic E-state index is 11.6. The van der Waals surface area contributed by atoms with Crippen LogP contribution in [0, 0.1) is 5.92 Å². The van der Waals surface area contributed by atoms with Crippen molar-refractivity contribution in [3.8, 4) is 0 Å². The second-order valence-electron chi connectivity index (χ2n) is 6.89. The number of nitrogens with one attached hydrogen (secondary N) is 2. The van der Waals surface area contributed by atoms with Gasteiger partial charge in [-0.3, -0.25) is 9.79 Å². The van der Waals surface area contributed by atoms with Gasteiger partial charge in [0.25, 0.3) is 0 Å². The van der Waals surface area contributed by atoms with Crippen LogP contribution in [0.25, 0.3) is 0 Å². The van der Waals surface area contributed by atoms with Gasteiger partial charge in [0.1, 0.15) is 0 Å². The van der Waals surface area contributed by atoms with Crippen LogP contribution in [0.15, 0.2) is 35.3 Å². The van der Waals surface area contributed by atoms with Gasteiger partial charge in [-0.2, -0.15) is 0 Å². The summed E-state index contributed by atoms with van der Waals surface area (Å²) in [4.78, 5) is 18.2. The van der Waals surface area contributed by atoms with E-state index in [1.54, 1.807) is 4.90 Å². The molecule has 1 aromatic rings. The van der Waals surface area contributed by atoms with Gasteiger partial charge in [-0.15, -0.1) is 0 Å². The Labute approximate surface area is 144 Å². The summed E-state index contributed by atoms with van der Waals surface area (Å²) in [5.41, 5.74) is 1.43. The van der Waals surface area contributed by atoms with Crippen molar-refractivity contribution in [2.24, 2.45) is 10.9 Å². The number of piperidine rings is 1. The van der Waals surface area contributed by atoms with Gasteiger partial charge in [0.2, 0.25) is 5.91 Å². The van der Waals surface area contributed by atoms with Gasteiger partial charge in [-0.1, -0.05) is 30.3 Å². The molecule has 0 spiro atoms. The minimum atomic E-state index is 0.235. The van der Waals surface area contributed by atoms with E-state index in [9.17, 15) is 4.79 Å². The van der Waals surface area contributed by atoms with Gasteiger partial charge < -0.3 is 15.5 Å². The molecule has 1 heterocycles. The highest BCUT2D eigenvalue weighted by Crippen LogP contribution is 2.47. The number of amides is 1. The molecule has 3 unspecified atom stereocenters. The van der Waals surface area contributed by atoms with Crippen LogP contribution in [0.1, 0.15) is 37.7 Å². The lowest BCUT2D eigenvalue weighted by Gasteiger charge is -2.31. The van der Waals surface area contributed by atoms with Crippen LogP contribution >= 0.6 is 0 Å². The Morgan fingerprint density at radius 3 is 2.83 bits per heavy atom. The molecule has 3 rings (SSSR count). The Kier molecular flexibility index (Phi) is 5.38. The number of carbonyl (C=O) groups is 1. The summed E-state index contributed by atoms with van der Waals surface area (Å²) in [6.45, 7) is 4.54. The highest BCUT2D eigenvalue weighted by atomic mass is 16.2. The molecule has 1 saturated heterocycles. The molecule has 130 valence electrons. The number of hydrogen-bond acceptors (Lipinski definition) is 2. The Balaban J connectivity index is 1.52. The van der Waals surface area contributed by atoms with Crippen LogP contribution < -0.4 is 10.6 Å². The third-order valence-corrected chi connectivity index (χ3v) is 4.95. The average molecular weight is 328 g/mol. The predicted molar refractivity (Wildman–Crippen MR) is 97.1 cm³/mol. The first kappa shape index (κ1) is 16.8. The van der Waals surface area contributed by atoms with E-state index in [0.29, 0.717) is 18.3 Å². The summed E-state index contributed by atoms with van der Waals surface area (Å²) >= 11 is 0. The minimum absolute atomic E-state index is 0.235. The summed E-state index contributed by atoms with van der Waals surface area (Å²) in [6, 6.07) is 11.0. The van der Waals surface area contributed by atoms with E-state index in [1.165, 1.54) is 12.0 Å². The Bertz CT molecular complexity index is 586. The summed E-state index contributed by atoms with van der Waals surface area (Å²) in [6.07, 6.45) is 2.73. The first-order chi connectivity index (χ1) is 11.7. The molecule has 2 aliphatic rings. The molecule has 0 bridgehead atoms. The first-order valence-corrected chi connectivity index (χ1v) is 9.01. The largest absolute Gasteiger partial charge is 0.357 e. The number of aliphatic imine (C=N–C) groups is 1. The monoisotopic (exact) mass is 328 g/mol. The summed E-state index contributed by atoms with van der Waals surface area (Å²) < 4.78 is 0. The van der Waals surface area contributed by atoms with Crippen LogP contribution in [0.2, 0.25) is 0 Å². The van der Waals surface area contributed by atoms with Crippen molar-refractivity contribution in [3.63, 3.8) is 0 Å². The second-order valence-corrected chi connectivity index (χ2v) is 6.89. The van der Waals surface area contributed by atoms with Crippen molar-refractivity contribution >= 4 is 11.9 Å². The zero-order valence-electron chi connectivity index (χ0n) is 14.7. The van der Waals surface area contributed by atoms with Crippen molar-refractivity contribution in [1.82, 2.24) is 15.5 Å². The minimum Gasteiger partial charge on any atom is -0.357 e. The summed E-state index contributed by atoms with van der Waals surface area (Å²) in [7, 11) is 1.87. The molecule has 1 aliphatic carbocycles. The van der Waals surface area contributed by atoms with Crippen LogP contribution in [0.3, 0.4) is 0 Å². The van der Waals surface area contributed by atoms with Crippen molar-refractivity contribution in [2.45, 2.75) is 38.1 Å². The maximum Gasteiger partial charge on any atom is 0.222 e. The molecular formula is C19H28N4O. The lowest BCUT2D eigenvalue weighted by atomic mass is 10.1. The molecule has 5 nitrogen and oxygen atoms in total. The van der Waals surface area contributed by atoms with E-state index in [-0.39, 0.29) is 11.9 Å². The third kappa shape index (κ3) is 4.28. The van der Waals surface area contributed by atoms with Gasteiger partial charge in [0.05, 0.1) is 0 Å². The van der Waals surface area contributed by atoms with Gasteiger partial charge >= 0.3 is 0 Å². The first-order valence-electron chi connectivity index (χ1n) is 9.01. The molecule has 0 aromatic heterocycles. The lowest BCUT2D eigenvalue weighted by Crippen LogP contribution is -2.51. The number of nitrogens with zero attached hydrogens (tertiary/aromatic N) is 2. The van der Waals surface area contributed by atoms with Gasteiger partial charge in [0.15, 0.2) is 5.96 Å². The number of likely N-dealkylation sites (N-methyl/N-ethyl adjacent to an activating group) is 1. The lowest BCUT2D eigenvalue weighted by molar-refractivity contribution is -0.132. The Morgan fingerprint density at radius 1 is 1.33 bits per heavy atom. The quantitative estimate of drug-likeness (QED) is 0.642. The van der Waals surface area contributed by atoms with E-state index >= 15 is 0 Å². The number of rotatable bonds is 5. The molecule has 1 aliphatic heterocycles. The molecule has 2 N–H and O–H groups in total. The molecule has 1 aromatic carbocycles. The van der Waals surface area contributed by atoms with Crippen LogP contribution in [0.5, 0.6) is 0 Å². The Morgan fingerprint density at radius 2 is 2.12 bits per heavy atom. The zero-order chi connectivity index (χ0) is 16.9. The van der Waals surface area contributed by atoms with Crippen molar-refractivity contribution in [2.75, 3.05) is 26.7 Å². The number of carbonyl (C=O) groups excluding carboxylic acids is 1. The maximum atomic E-state index is 11.6. The van der Waals surface area contributed by atoms with Crippen molar-refractivity contribution < 1.29 is 4.79 Å². The molecule has 1 saturated carbocycles. The fourth-order valence-corrected chi connectivity index (χ4v) is 3.41. The van der Waals surface area contributed by atoms with Gasteiger partial charge in [0, 0.05) is 39.1 Å². The molecule has 24 heavy (non-hydrogen) atoms. The fourth-order valence-electron chi connectivity index (χ4n) is 3.41. The highest BCUT2D eigenvalue weighted by molar-refractivity contribution is 5.81. The normalized spacial score (nSPS) is 27.1. The zero-order valence-corrected chi connectivity index (χ0v) is 14.7. The number of likely N-dealkylation sites (tertiary alicyclic amines) is 1. The van der Waals surface area contributed by atoms with Crippen LogP contribution in [-0.4, -0.2) is 49.5 Å². The molecule has 3 atom stereocenters. The molecule has 5 heteroatoms. The summed E-state index contributed by atoms with van der Waals surface area (Å²) in [5, 5.41) is 6.82. The van der Waals surface area contributed by atoms with Crippen LogP contribution in [0.4, 0.5) is 0 Å². The van der Waals surface area contributed by atoms with Crippen LogP contribution in [-0.2, 0) is 4.79 Å². The standard InChI is InChI=1S/C19H28N4O/c1-3-20-19(22-16-9-10-18(24)23(2)13-16)21-12-15-11-17(15)14-7-5-4-6-8-14/h4-8,15-17H,3,9-13H2,1-2H3,(H2,20,21,22). The van der Waals surface area contributed by atoms with E-state index in [4.69, 9.17) is 4.99 Å². The van der Waals surface area contributed by atoms with E-state index < -0.39 is 0 Å². The highest BCUT2D eigenvalue weighted by Gasteiger charge is 2.37. The third-order valence-electron chi connectivity index (χ3n) is 4.95. The SMILES string of the molecule is CCNC(=NCC1CC1c1ccccc1)NC1CCC(=O)N(C)C1. The van der Waals surface area contributed by atoms with Gasteiger partial charge in [-0.25, -0.2) is 0 Å². The van der Waals surface area contributed by atoms with Gasteiger partial charge in [-0.05, 0) is 37.2 Å². The number of benzene rings is 1. The molecule has 1 amide bonds. The molecular weight excluding hydrogens is 300 g/mol. The van der Waals surface area contributed by atoms with E-state index in [2.05, 4.69) is 47.9 Å². The number of hydrogen-bond donors (Lipinski definition) is 2. The predicted octanol–water partition coefficient (Wildman–Crippen LogP) is 1.97. The van der Waals surface area contributed by atoms with Crippen molar-refractivity contribution in [1.29, 1.82) is 0 Å². The smallest absolute Gasteiger partial charge is 0.222 e. The molecule has 0 radical (unpaired) electrons. The van der Waals surface area contributed by atoms with E-state index in [0.717, 1.165) is 32.0 Å². The Hall–Kier alpha value is -2.04. The topological polar surface area (TPSA) is 56.7 Å². The van der Waals surface area contributed by atoms with E-state index in [1.807, 2.05) is 7.05 Å². The number of guanidine groups is 1. The second kappa shape index (κ2) is 7.69. The molecule has 2 fully saturated rings.